The summed E-state index contributed by atoms with van der Waals surface area (Å²) >= 11 is 0. The van der Waals surface area contributed by atoms with Gasteiger partial charge in [-0.25, -0.2) is 0 Å². The van der Waals surface area contributed by atoms with Gasteiger partial charge in [-0.3, -0.25) is 9.69 Å². The molecule has 144 valence electrons. The molecule has 2 aromatic carbocycles. The van der Waals surface area contributed by atoms with E-state index in [0.29, 0.717) is 12.1 Å². The molecule has 0 saturated carbocycles. The fraction of sp³-hybridized carbons (Fsp3) is 0.409. The highest BCUT2D eigenvalue weighted by Gasteiger charge is 2.23. The van der Waals surface area contributed by atoms with Crippen molar-refractivity contribution in [1.82, 2.24) is 10.2 Å². The summed E-state index contributed by atoms with van der Waals surface area (Å²) in [6, 6.07) is 14.0. The van der Waals surface area contributed by atoms with Gasteiger partial charge in [-0.2, -0.15) is 0 Å². The van der Waals surface area contributed by atoms with Crippen LogP contribution in [-0.4, -0.2) is 50.8 Å². The molecule has 5 nitrogen and oxygen atoms in total. The Kier molecular flexibility index (Phi) is 6.48. The number of carbonyl (C=O) groups is 1. The van der Waals surface area contributed by atoms with E-state index in [0.717, 1.165) is 43.2 Å². The lowest BCUT2D eigenvalue weighted by Gasteiger charge is -2.35. The Balaban J connectivity index is 1.73. The lowest BCUT2D eigenvalue weighted by Crippen LogP contribution is -2.43. The summed E-state index contributed by atoms with van der Waals surface area (Å²) in [5.74, 6) is 0.795. The van der Waals surface area contributed by atoms with Crippen LogP contribution in [0.4, 0.5) is 0 Å². The molecule has 0 aliphatic carbocycles. The van der Waals surface area contributed by atoms with Crippen LogP contribution in [-0.2, 0) is 4.74 Å². The van der Waals surface area contributed by atoms with Crippen LogP contribution in [0.1, 0.15) is 33.1 Å². The van der Waals surface area contributed by atoms with Crippen LogP contribution in [0.2, 0.25) is 0 Å². The normalized spacial score (nSPS) is 16.0. The SMILES string of the molecule is COc1ccc([C@@H](CNC(=O)c2ccc(C)c(C)c2)N2CCOCC2)cc1. The van der Waals surface area contributed by atoms with Crippen molar-refractivity contribution in [2.75, 3.05) is 40.0 Å². The molecule has 0 aromatic heterocycles. The number of amides is 1. The highest BCUT2D eigenvalue weighted by atomic mass is 16.5. The molecular weight excluding hydrogens is 340 g/mol. The average Bonchev–Trinajstić information content (AvgIpc) is 2.71. The minimum atomic E-state index is -0.0372. The second-order valence-electron chi connectivity index (χ2n) is 6.95. The van der Waals surface area contributed by atoms with Gasteiger partial charge in [-0.15, -0.1) is 0 Å². The Hall–Kier alpha value is -2.37. The number of benzene rings is 2. The largest absolute Gasteiger partial charge is 0.497 e. The van der Waals surface area contributed by atoms with Crippen molar-refractivity contribution in [3.8, 4) is 5.75 Å². The van der Waals surface area contributed by atoms with Gasteiger partial charge in [0.25, 0.3) is 5.91 Å². The molecule has 0 spiro atoms. The van der Waals surface area contributed by atoms with Gasteiger partial charge in [-0.05, 0) is 54.8 Å². The molecule has 1 aliphatic heterocycles. The van der Waals surface area contributed by atoms with E-state index < -0.39 is 0 Å². The maximum atomic E-state index is 12.7. The Morgan fingerprint density at radius 1 is 1.11 bits per heavy atom. The van der Waals surface area contributed by atoms with Crippen LogP contribution in [0.5, 0.6) is 5.75 Å². The molecule has 0 unspecified atom stereocenters. The van der Waals surface area contributed by atoms with E-state index in [1.165, 1.54) is 5.56 Å². The lowest BCUT2D eigenvalue weighted by molar-refractivity contribution is 0.0162. The first-order valence-corrected chi connectivity index (χ1v) is 9.39. The Labute approximate surface area is 161 Å². The molecule has 1 fully saturated rings. The molecule has 3 rings (SSSR count). The molecule has 1 heterocycles. The zero-order valence-corrected chi connectivity index (χ0v) is 16.3. The standard InChI is InChI=1S/C22H28N2O3/c1-16-4-5-19(14-17(16)2)22(25)23-15-21(24-10-12-27-13-11-24)18-6-8-20(26-3)9-7-18/h4-9,14,21H,10-13,15H2,1-3H3,(H,23,25)/t21-/m1/s1. The van der Waals surface area contributed by atoms with Crippen LogP contribution >= 0.6 is 0 Å². The number of hydrogen-bond acceptors (Lipinski definition) is 4. The van der Waals surface area contributed by atoms with Gasteiger partial charge < -0.3 is 14.8 Å². The third-order valence-electron chi connectivity index (χ3n) is 5.21. The maximum Gasteiger partial charge on any atom is 0.251 e. The van der Waals surface area contributed by atoms with Gasteiger partial charge >= 0.3 is 0 Å². The summed E-state index contributed by atoms with van der Waals surface area (Å²) in [4.78, 5) is 15.0. The summed E-state index contributed by atoms with van der Waals surface area (Å²) in [7, 11) is 1.66. The van der Waals surface area contributed by atoms with Crippen molar-refractivity contribution < 1.29 is 14.3 Å². The average molecular weight is 368 g/mol. The summed E-state index contributed by atoms with van der Waals surface area (Å²) in [5.41, 5.74) is 4.19. The first kappa shape index (κ1) is 19.4. The second-order valence-corrected chi connectivity index (χ2v) is 6.95. The fourth-order valence-corrected chi connectivity index (χ4v) is 3.35. The molecule has 1 amide bonds. The maximum absolute atomic E-state index is 12.7. The molecule has 1 saturated heterocycles. The number of rotatable bonds is 6. The first-order chi connectivity index (χ1) is 13.1. The Bertz CT molecular complexity index is 768. The predicted octanol–water partition coefficient (Wildman–Crippen LogP) is 3.12. The van der Waals surface area contributed by atoms with Gasteiger partial charge in [0.1, 0.15) is 5.75 Å². The van der Waals surface area contributed by atoms with Gasteiger partial charge in [0.15, 0.2) is 0 Å². The van der Waals surface area contributed by atoms with Crippen LogP contribution in [0.3, 0.4) is 0 Å². The van der Waals surface area contributed by atoms with Gasteiger partial charge in [0, 0.05) is 25.2 Å². The van der Waals surface area contributed by atoms with Crippen molar-refractivity contribution >= 4 is 5.91 Å². The first-order valence-electron chi connectivity index (χ1n) is 9.39. The molecular formula is C22H28N2O3. The lowest BCUT2D eigenvalue weighted by atomic mass is 10.0. The summed E-state index contributed by atoms with van der Waals surface area (Å²) < 4.78 is 10.8. The molecule has 1 atom stereocenters. The number of nitrogens with zero attached hydrogens (tertiary/aromatic N) is 1. The Morgan fingerprint density at radius 2 is 1.81 bits per heavy atom. The number of aryl methyl sites for hydroxylation is 2. The molecule has 0 radical (unpaired) electrons. The van der Waals surface area contributed by atoms with Gasteiger partial charge in [-0.1, -0.05) is 18.2 Å². The van der Waals surface area contributed by atoms with E-state index in [2.05, 4.69) is 29.3 Å². The summed E-state index contributed by atoms with van der Waals surface area (Å²) in [6.45, 7) is 7.79. The minimum absolute atomic E-state index is 0.0372. The highest BCUT2D eigenvalue weighted by molar-refractivity contribution is 5.94. The molecule has 5 heteroatoms. The third-order valence-corrected chi connectivity index (χ3v) is 5.21. The molecule has 1 aliphatic rings. The number of methoxy groups -OCH3 is 1. The smallest absolute Gasteiger partial charge is 0.251 e. The topological polar surface area (TPSA) is 50.8 Å². The van der Waals surface area contributed by atoms with Crippen molar-refractivity contribution in [3.63, 3.8) is 0 Å². The number of carbonyl (C=O) groups excluding carboxylic acids is 1. The van der Waals surface area contributed by atoms with Crippen LogP contribution in [0.15, 0.2) is 42.5 Å². The fourth-order valence-electron chi connectivity index (χ4n) is 3.35. The van der Waals surface area contributed by atoms with Crippen LogP contribution in [0.25, 0.3) is 0 Å². The number of ether oxygens (including phenoxy) is 2. The number of hydrogen-bond donors (Lipinski definition) is 1. The number of nitrogens with one attached hydrogen (secondary N) is 1. The van der Waals surface area contributed by atoms with E-state index in [1.807, 2.05) is 37.3 Å². The monoisotopic (exact) mass is 368 g/mol. The minimum Gasteiger partial charge on any atom is -0.497 e. The van der Waals surface area contributed by atoms with Gasteiger partial charge in [0.05, 0.1) is 26.4 Å². The van der Waals surface area contributed by atoms with Gasteiger partial charge in [0.2, 0.25) is 0 Å². The summed E-state index contributed by atoms with van der Waals surface area (Å²) in [5, 5.41) is 3.12. The number of morpholine rings is 1. The Morgan fingerprint density at radius 3 is 2.44 bits per heavy atom. The van der Waals surface area contributed by atoms with Crippen LogP contribution < -0.4 is 10.1 Å². The van der Waals surface area contributed by atoms with E-state index in [-0.39, 0.29) is 11.9 Å². The van der Waals surface area contributed by atoms with Crippen molar-refractivity contribution in [2.45, 2.75) is 19.9 Å². The predicted molar refractivity (Wildman–Crippen MR) is 106 cm³/mol. The van der Waals surface area contributed by atoms with E-state index >= 15 is 0 Å². The molecule has 1 N–H and O–H groups in total. The highest BCUT2D eigenvalue weighted by Crippen LogP contribution is 2.24. The van der Waals surface area contributed by atoms with Crippen molar-refractivity contribution in [2.24, 2.45) is 0 Å². The van der Waals surface area contributed by atoms with Crippen molar-refractivity contribution in [3.05, 3.63) is 64.7 Å². The summed E-state index contributed by atoms with van der Waals surface area (Å²) in [6.07, 6.45) is 0. The third kappa shape index (κ3) is 4.87. The van der Waals surface area contributed by atoms with E-state index in [4.69, 9.17) is 9.47 Å². The quantitative estimate of drug-likeness (QED) is 0.851. The zero-order chi connectivity index (χ0) is 19.2. The van der Waals surface area contributed by atoms with E-state index in [9.17, 15) is 4.79 Å². The second kappa shape index (κ2) is 9.02. The van der Waals surface area contributed by atoms with Crippen molar-refractivity contribution in [1.29, 1.82) is 0 Å². The zero-order valence-electron chi connectivity index (χ0n) is 16.3. The molecule has 27 heavy (non-hydrogen) atoms. The molecule has 0 bridgehead atoms. The van der Waals surface area contributed by atoms with E-state index in [1.54, 1.807) is 7.11 Å². The molecule has 2 aromatic rings. The van der Waals surface area contributed by atoms with Crippen LogP contribution in [0, 0.1) is 13.8 Å².